The van der Waals surface area contributed by atoms with Gasteiger partial charge in [0, 0.05) is 13.1 Å². The number of amides is 1. The van der Waals surface area contributed by atoms with E-state index in [0.717, 1.165) is 0 Å². The Hall–Kier alpha value is -0.930. The van der Waals surface area contributed by atoms with Crippen LogP contribution in [0.2, 0.25) is 5.02 Å². The van der Waals surface area contributed by atoms with Gasteiger partial charge in [0.05, 0.1) is 17.8 Å². The Kier molecular flexibility index (Phi) is 4.24. The van der Waals surface area contributed by atoms with Crippen LogP contribution in [0.4, 0.5) is 5.69 Å². The van der Waals surface area contributed by atoms with Crippen LogP contribution in [-0.2, 0) is 4.79 Å². The van der Waals surface area contributed by atoms with Crippen molar-refractivity contribution in [1.29, 1.82) is 0 Å². The fourth-order valence-corrected chi connectivity index (χ4v) is 1.52. The van der Waals surface area contributed by atoms with E-state index < -0.39 is 0 Å². The summed E-state index contributed by atoms with van der Waals surface area (Å²) in [5, 5.41) is 0.483. The fraction of sp³-hybridized carbons (Fsp3) is 0.300. The molecule has 0 bridgehead atoms. The zero-order chi connectivity index (χ0) is 11.4. The number of halogens is 2. The first-order chi connectivity index (χ1) is 7.10. The summed E-state index contributed by atoms with van der Waals surface area (Å²) in [6.45, 7) is 0. The molecular weight excluding hydrogens is 237 g/mol. The lowest BCUT2D eigenvalue weighted by atomic mass is 10.2. The molecule has 1 rings (SSSR count). The third kappa shape index (κ3) is 2.76. The van der Waals surface area contributed by atoms with Crippen molar-refractivity contribution in [3.8, 4) is 5.75 Å². The molecule has 0 N–H and O–H groups in total. The molecule has 0 spiro atoms. The third-order valence-electron chi connectivity index (χ3n) is 2.00. The molecule has 0 atom stereocenters. The van der Waals surface area contributed by atoms with Crippen molar-refractivity contribution in [2.75, 3.05) is 24.9 Å². The van der Waals surface area contributed by atoms with Crippen molar-refractivity contribution >= 4 is 34.8 Å². The summed E-state index contributed by atoms with van der Waals surface area (Å²) in [6.07, 6.45) is 0. The molecular formula is C10H11Cl2NO2. The second kappa shape index (κ2) is 5.24. The molecule has 0 aromatic heterocycles. The van der Waals surface area contributed by atoms with Gasteiger partial charge in [0.15, 0.2) is 0 Å². The molecule has 0 fully saturated rings. The molecule has 0 aliphatic carbocycles. The summed E-state index contributed by atoms with van der Waals surface area (Å²) in [4.78, 5) is 12.8. The Bertz CT molecular complexity index is 368. The number of nitrogens with zero attached hydrogens (tertiary/aromatic N) is 1. The first-order valence-corrected chi connectivity index (χ1v) is 5.17. The minimum Gasteiger partial charge on any atom is -0.497 e. The van der Waals surface area contributed by atoms with Gasteiger partial charge in [-0.3, -0.25) is 4.79 Å². The van der Waals surface area contributed by atoms with Crippen LogP contribution in [-0.4, -0.2) is 25.9 Å². The second-order valence-electron chi connectivity index (χ2n) is 2.90. The van der Waals surface area contributed by atoms with E-state index in [1.807, 2.05) is 0 Å². The van der Waals surface area contributed by atoms with Gasteiger partial charge in [-0.2, -0.15) is 0 Å². The van der Waals surface area contributed by atoms with Crippen LogP contribution in [0.25, 0.3) is 0 Å². The second-order valence-corrected chi connectivity index (χ2v) is 3.58. The Morgan fingerprint density at radius 3 is 2.73 bits per heavy atom. The smallest absolute Gasteiger partial charge is 0.241 e. The van der Waals surface area contributed by atoms with E-state index >= 15 is 0 Å². The highest BCUT2D eigenvalue weighted by molar-refractivity contribution is 6.35. The fourth-order valence-electron chi connectivity index (χ4n) is 1.10. The van der Waals surface area contributed by atoms with E-state index in [0.29, 0.717) is 16.5 Å². The number of carbonyl (C=O) groups excluding carboxylic acids is 1. The Labute approximate surface area is 98.5 Å². The zero-order valence-corrected chi connectivity index (χ0v) is 9.97. The topological polar surface area (TPSA) is 29.5 Å². The molecule has 0 radical (unpaired) electrons. The minimum atomic E-state index is -0.216. The van der Waals surface area contributed by atoms with Crippen LogP contribution in [0.1, 0.15) is 0 Å². The number of anilines is 1. The Morgan fingerprint density at radius 2 is 2.20 bits per heavy atom. The molecule has 0 aliphatic heterocycles. The van der Waals surface area contributed by atoms with Gasteiger partial charge < -0.3 is 9.64 Å². The molecule has 3 nitrogen and oxygen atoms in total. The van der Waals surface area contributed by atoms with Crippen molar-refractivity contribution in [3.05, 3.63) is 23.2 Å². The first kappa shape index (κ1) is 12.1. The summed E-state index contributed by atoms with van der Waals surface area (Å²) in [5.41, 5.74) is 0.585. The lowest BCUT2D eigenvalue weighted by Crippen LogP contribution is -2.27. The summed E-state index contributed by atoms with van der Waals surface area (Å²) < 4.78 is 5.04. The van der Waals surface area contributed by atoms with Gasteiger partial charge in [0.1, 0.15) is 11.6 Å². The minimum absolute atomic E-state index is 0.0793. The number of benzene rings is 1. The Balaban J connectivity index is 3.06. The quantitative estimate of drug-likeness (QED) is 0.769. The van der Waals surface area contributed by atoms with Crippen LogP contribution in [0.15, 0.2) is 18.2 Å². The summed E-state index contributed by atoms with van der Waals surface area (Å²) >= 11 is 11.4. The molecule has 1 aromatic carbocycles. The van der Waals surface area contributed by atoms with Crippen molar-refractivity contribution in [1.82, 2.24) is 0 Å². The average molecular weight is 248 g/mol. The molecule has 0 heterocycles. The standard InChI is InChI=1S/C10H11Cl2NO2/c1-13(10(14)6-11)9-5-7(15-2)3-4-8(9)12/h3-5H,6H2,1-2H3. The number of alkyl halides is 1. The first-order valence-electron chi connectivity index (χ1n) is 4.26. The van der Waals surface area contributed by atoms with Crippen molar-refractivity contribution in [2.45, 2.75) is 0 Å². The highest BCUT2D eigenvalue weighted by atomic mass is 35.5. The molecule has 0 aliphatic rings. The highest BCUT2D eigenvalue weighted by Crippen LogP contribution is 2.29. The van der Waals surface area contributed by atoms with Gasteiger partial charge >= 0.3 is 0 Å². The average Bonchev–Trinajstić information content (AvgIpc) is 2.27. The predicted octanol–water partition coefficient (Wildman–Crippen LogP) is 2.55. The van der Waals surface area contributed by atoms with Gasteiger partial charge in [-0.1, -0.05) is 11.6 Å². The van der Waals surface area contributed by atoms with Gasteiger partial charge in [0.25, 0.3) is 0 Å². The van der Waals surface area contributed by atoms with Gasteiger partial charge in [-0.25, -0.2) is 0 Å². The number of hydrogen-bond acceptors (Lipinski definition) is 2. The number of methoxy groups -OCH3 is 1. The van der Waals surface area contributed by atoms with Crippen molar-refractivity contribution in [2.24, 2.45) is 0 Å². The summed E-state index contributed by atoms with van der Waals surface area (Å²) in [7, 11) is 3.17. The maximum Gasteiger partial charge on any atom is 0.241 e. The molecule has 1 aromatic rings. The van der Waals surface area contributed by atoms with Gasteiger partial charge in [-0.05, 0) is 12.1 Å². The van der Waals surface area contributed by atoms with E-state index in [1.165, 1.54) is 4.90 Å². The number of ether oxygens (including phenoxy) is 1. The molecule has 1 amide bonds. The zero-order valence-electron chi connectivity index (χ0n) is 8.46. The lowest BCUT2D eigenvalue weighted by molar-refractivity contribution is -0.116. The van der Waals surface area contributed by atoms with Crippen LogP contribution in [0.3, 0.4) is 0 Å². The van der Waals surface area contributed by atoms with Crippen LogP contribution >= 0.6 is 23.2 Å². The van der Waals surface area contributed by atoms with E-state index in [1.54, 1.807) is 32.4 Å². The molecule has 0 saturated carbocycles. The van der Waals surface area contributed by atoms with E-state index in [-0.39, 0.29) is 11.8 Å². The number of carbonyl (C=O) groups is 1. The third-order valence-corrected chi connectivity index (χ3v) is 2.55. The van der Waals surface area contributed by atoms with Gasteiger partial charge in [-0.15, -0.1) is 11.6 Å². The van der Waals surface area contributed by atoms with E-state index in [4.69, 9.17) is 27.9 Å². The van der Waals surface area contributed by atoms with Crippen molar-refractivity contribution in [3.63, 3.8) is 0 Å². The number of rotatable bonds is 3. The van der Waals surface area contributed by atoms with E-state index in [2.05, 4.69) is 0 Å². The molecule has 0 unspecified atom stereocenters. The highest BCUT2D eigenvalue weighted by Gasteiger charge is 2.13. The maximum atomic E-state index is 11.4. The summed E-state index contributed by atoms with van der Waals surface area (Å²) in [6, 6.07) is 5.09. The summed E-state index contributed by atoms with van der Waals surface area (Å²) in [5.74, 6) is 0.347. The van der Waals surface area contributed by atoms with Crippen LogP contribution in [0, 0.1) is 0 Å². The van der Waals surface area contributed by atoms with Gasteiger partial charge in [0.2, 0.25) is 5.91 Å². The monoisotopic (exact) mass is 247 g/mol. The van der Waals surface area contributed by atoms with Crippen LogP contribution < -0.4 is 9.64 Å². The largest absolute Gasteiger partial charge is 0.497 e. The lowest BCUT2D eigenvalue weighted by Gasteiger charge is -2.18. The number of hydrogen-bond donors (Lipinski definition) is 0. The maximum absolute atomic E-state index is 11.4. The molecule has 5 heteroatoms. The SMILES string of the molecule is COc1ccc(Cl)c(N(C)C(=O)CCl)c1. The normalized spacial score (nSPS) is 9.87. The van der Waals surface area contributed by atoms with E-state index in [9.17, 15) is 4.79 Å². The van der Waals surface area contributed by atoms with Crippen LogP contribution in [0.5, 0.6) is 5.75 Å². The Morgan fingerprint density at radius 1 is 1.53 bits per heavy atom. The van der Waals surface area contributed by atoms with Crippen molar-refractivity contribution < 1.29 is 9.53 Å². The molecule has 0 saturated heterocycles. The molecule has 82 valence electrons. The predicted molar refractivity (Wildman–Crippen MR) is 62.1 cm³/mol. The molecule has 15 heavy (non-hydrogen) atoms.